The molecule has 1 nitrogen and oxygen atoms in total. The lowest BCUT2D eigenvalue weighted by Crippen LogP contribution is -2.42. The third kappa shape index (κ3) is 3.77. The second-order valence-corrected chi connectivity index (χ2v) is 4.61. The van der Waals surface area contributed by atoms with Gasteiger partial charge in [0.1, 0.15) is 0 Å². The summed E-state index contributed by atoms with van der Waals surface area (Å²) in [5, 5.41) is 0. The van der Waals surface area contributed by atoms with E-state index in [2.05, 4.69) is 39.6 Å². The molecule has 12 heavy (non-hydrogen) atoms. The molecule has 0 aromatic carbocycles. The topological polar surface area (TPSA) is 3.24 Å². The van der Waals surface area contributed by atoms with Crippen molar-refractivity contribution < 1.29 is 0 Å². The van der Waals surface area contributed by atoms with Crippen LogP contribution in [0.3, 0.4) is 0 Å². The molecule has 0 aliphatic rings. The van der Waals surface area contributed by atoms with Gasteiger partial charge in [-0.2, -0.15) is 0 Å². The molecule has 2 heteroatoms. The van der Waals surface area contributed by atoms with Crippen molar-refractivity contribution in [2.45, 2.75) is 39.7 Å². The third-order valence-corrected chi connectivity index (χ3v) is 3.27. The summed E-state index contributed by atoms with van der Waals surface area (Å²) in [6, 6.07) is 0. The minimum Gasteiger partial charge on any atom is -0.301 e. The van der Waals surface area contributed by atoms with E-state index in [4.69, 9.17) is 11.6 Å². The monoisotopic (exact) mass is 191 g/mol. The van der Waals surface area contributed by atoms with Gasteiger partial charge in [-0.1, -0.05) is 13.8 Å². The van der Waals surface area contributed by atoms with E-state index < -0.39 is 0 Å². The number of rotatable bonds is 5. The predicted molar refractivity (Wildman–Crippen MR) is 56.9 cm³/mol. The molecule has 0 aromatic rings. The summed E-state index contributed by atoms with van der Waals surface area (Å²) in [5.74, 6) is 1.34. The Balaban J connectivity index is 3.93. The van der Waals surface area contributed by atoms with Gasteiger partial charge in [0.25, 0.3) is 0 Å². The second kappa shape index (κ2) is 5.08. The van der Waals surface area contributed by atoms with Crippen LogP contribution >= 0.6 is 11.6 Å². The predicted octanol–water partition coefficient (Wildman–Crippen LogP) is 2.98. The van der Waals surface area contributed by atoms with Crippen LogP contribution in [-0.4, -0.2) is 29.9 Å². The lowest BCUT2D eigenvalue weighted by molar-refractivity contribution is 0.135. The first kappa shape index (κ1) is 12.2. The first-order chi connectivity index (χ1) is 5.44. The van der Waals surface area contributed by atoms with Crippen LogP contribution in [0.1, 0.15) is 34.1 Å². The van der Waals surface area contributed by atoms with E-state index in [0.29, 0.717) is 11.5 Å². The molecule has 74 valence electrons. The fraction of sp³-hybridized carbons (Fsp3) is 1.00. The average Bonchev–Trinajstić information content (AvgIpc) is 2.04. The lowest BCUT2D eigenvalue weighted by Gasteiger charge is -2.36. The summed E-state index contributed by atoms with van der Waals surface area (Å²) in [6.07, 6.45) is 1.18. The summed E-state index contributed by atoms with van der Waals surface area (Å²) in [4.78, 5) is 2.39. The van der Waals surface area contributed by atoms with Gasteiger partial charge in [0, 0.05) is 18.0 Å². The van der Waals surface area contributed by atoms with Gasteiger partial charge in [0.05, 0.1) is 0 Å². The SMILES string of the molecule is CCC(C)(C)N(C)CC(C)CCl. The van der Waals surface area contributed by atoms with Crippen LogP contribution in [0.5, 0.6) is 0 Å². The Kier molecular flexibility index (Phi) is 5.19. The summed E-state index contributed by atoms with van der Waals surface area (Å²) < 4.78 is 0. The fourth-order valence-corrected chi connectivity index (χ4v) is 1.13. The van der Waals surface area contributed by atoms with E-state index in [1.54, 1.807) is 0 Å². The maximum absolute atomic E-state index is 5.76. The number of alkyl halides is 1. The van der Waals surface area contributed by atoms with Crippen LogP contribution in [0.25, 0.3) is 0 Å². The maximum Gasteiger partial charge on any atom is 0.0261 e. The van der Waals surface area contributed by atoms with E-state index in [1.807, 2.05) is 0 Å². The van der Waals surface area contributed by atoms with Gasteiger partial charge in [0.2, 0.25) is 0 Å². The first-order valence-corrected chi connectivity index (χ1v) is 5.24. The highest BCUT2D eigenvalue weighted by molar-refractivity contribution is 6.18. The Morgan fingerprint density at radius 2 is 1.92 bits per heavy atom. The van der Waals surface area contributed by atoms with Crippen LogP contribution in [0, 0.1) is 5.92 Å². The zero-order valence-corrected chi connectivity index (χ0v) is 9.78. The summed E-state index contributed by atoms with van der Waals surface area (Å²) >= 11 is 5.76. The molecule has 0 bridgehead atoms. The molecule has 0 fully saturated rings. The van der Waals surface area contributed by atoms with E-state index in [-0.39, 0.29) is 0 Å². The molecule has 0 rings (SSSR count). The molecule has 0 aliphatic carbocycles. The zero-order chi connectivity index (χ0) is 9.78. The summed E-state index contributed by atoms with van der Waals surface area (Å²) in [6.45, 7) is 10.0. The number of nitrogens with zero attached hydrogens (tertiary/aromatic N) is 1. The van der Waals surface area contributed by atoms with Gasteiger partial charge in [-0.15, -0.1) is 11.6 Å². The number of halogens is 1. The molecular weight excluding hydrogens is 170 g/mol. The minimum absolute atomic E-state index is 0.306. The van der Waals surface area contributed by atoms with Gasteiger partial charge in [-0.05, 0) is 33.2 Å². The molecular formula is C10H22ClN. The van der Waals surface area contributed by atoms with Crippen LogP contribution in [0.2, 0.25) is 0 Å². The molecule has 1 atom stereocenters. The van der Waals surface area contributed by atoms with E-state index in [1.165, 1.54) is 6.42 Å². The largest absolute Gasteiger partial charge is 0.301 e. The number of hydrogen-bond donors (Lipinski definition) is 0. The van der Waals surface area contributed by atoms with Crippen molar-refractivity contribution in [3.8, 4) is 0 Å². The Labute approximate surface area is 82.1 Å². The van der Waals surface area contributed by atoms with Crippen LogP contribution in [0.15, 0.2) is 0 Å². The summed E-state index contributed by atoms with van der Waals surface area (Å²) in [5.41, 5.74) is 0.306. The van der Waals surface area contributed by atoms with Gasteiger partial charge in [-0.3, -0.25) is 0 Å². The first-order valence-electron chi connectivity index (χ1n) is 4.71. The Hall–Kier alpha value is 0.250. The Morgan fingerprint density at radius 3 is 2.25 bits per heavy atom. The van der Waals surface area contributed by atoms with Crippen molar-refractivity contribution in [2.75, 3.05) is 19.5 Å². The Morgan fingerprint density at radius 1 is 1.42 bits per heavy atom. The third-order valence-electron chi connectivity index (χ3n) is 2.75. The van der Waals surface area contributed by atoms with Crippen LogP contribution < -0.4 is 0 Å². The molecule has 0 saturated carbocycles. The minimum atomic E-state index is 0.306. The van der Waals surface area contributed by atoms with Crippen LogP contribution in [-0.2, 0) is 0 Å². The smallest absolute Gasteiger partial charge is 0.0261 e. The molecule has 0 N–H and O–H groups in total. The Bertz CT molecular complexity index is 123. The molecule has 0 heterocycles. The molecule has 0 spiro atoms. The van der Waals surface area contributed by atoms with Crippen LogP contribution in [0.4, 0.5) is 0 Å². The quantitative estimate of drug-likeness (QED) is 0.604. The van der Waals surface area contributed by atoms with E-state index in [9.17, 15) is 0 Å². The van der Waals surface area contributed by atoms with E-state index in [0.717, 1.165) is 12.4 Å². The molecule has 1 unspecified atom stereocenters. The highest BCUT2D eigenvalue weighted by atomic mass is 35.5. The number of hydrogen-bond acceptors (Lipinski definition) is 1. The fourth-order valence-electron chi connectivity index (χ4n) is 1.03. The highest BCUT2D eigenvalue weighted by Crippen LogP contribution is 2.17. The van der Waals surface area contributed by atoms with Gasteiger partial charge >= 0.3 is 0 Å². The maximum atomic E-state index is 5.76. The second-order valence-electron chi connectivity index (χ2n) is 4.31. The standard InChI is InChI=1S/C10H22ClN/c1-6-10(3,4)12(5)8-9(2)7-11/h9H,6-8H2,1-5H3. The molecule has 0 aromatic heterocycles. The molecule has 0 saturated heterocycles. The zero-order valence-electron chi connectivity index (χ0n) is 9.02. The molecule has 0 radical (unpaired) electrons. The lowest BCUT2D eigenvalue weighted by atomic mass is 9.99. The van der Waals surface area contributed by atoms with Crippen molar-refractivity contribution >= 4 is 11.6 Å². The highest BCUT2D eigenvalue weighted by Gasteiger charge is 2.21. The molecule has 0 amide bonds. The molecule has 0 aliphatic heterocycles. The van der Waals surface area contributed by atoms with Gasteiger partial charge < -0.3 is 4.90 Å². The summed E-state index contributed by atoms with van der Waals surface area (Å²) in [7, 11) is 2.17. The van der Waals surface area contributed by atoms with E-state index >= 15 is 0 Å². The normalized spacial score (nSPS) is 15.2. The van der Waals surface area contributed by atoms with Crippen molar-refractivity contribution in [3.05, 3.63) is 0 Å². The van der Waals surface area contributed by atoms with Gasteiger partial charge in [0.15, 0.2) is 0 Å². The van der Waals surface area contributed by atoms with Crippen molar-refractivity contribution in [2.24, 2.45) is 5.92 Å². The van der Waals surface area contributed by atoms with Crippen molar-refractivity contribution in [3.63, 3.8) is 0 Å². The van der Waals surface area contributed by atoms with Gasteiger partial charge in [-0.25, -0.2) is 0 Å². The average molecular weight is 192 g/mol. The van der Waals surface area contributed by atoms with Crippen molar-refractivity contribution in [1.82, 2.24) is 4.90 Å². The van der Waals surface area contributed by atoms with Crippen molar-refractivity contribution in [1.29, 1.82) is 0 Å².